The summed E-state index contributed by atoms with van der Waals surface area (Å²) in [5, 5.41) is 17.2. The molecule has 2 N–H and O–H groups in total. The van der Waals surface area contributed by atoms with Gasteiger partial charge in [0, 0.05) is 0 Å². The van der Waals surface area contributed by atoms with Gasteiger partial charge in [-0.25, -0.2) is 4.39 Å². The molecule has 0 amide bonds. The summed E-state index contributed by atoms with van der Waals surface area (Å²) in [5.74, 6) is -4.90. The van der Waals surface area contributed by atoms with Crippen LogP contribution in [0.3, 0.4) is 0 Å². The molecule has 0 radical (unpaired) electrons. The fourth-order valence-corrected chi connectivity index (χ4v) is 1.18. The van der Waals surface area contributed by atoms with Gasteiger partial charge in [0.15, 0.2) is 5.92 Å². The Labute approximate surface area is 142 Å². The van der Waals surface area contributed by atoms with Crippen LogP contribution in [-0.4, -0.2) is 81.3 Å². The number of rotatable bonds is 4. The van der Waals surface area contributed by atoms with E-state index in [-0.39, 0.29) is 65.5 Å². The van der Waals surface area contributed by atoms with Crippen molar-refractivity contribution in [3.05, 3.63) is 35.6 Å². The van der Waals surface area contributed by atoms with Crippen LogP contribution in [0.1, 0.15) is 5.56 Å². The summed E-state index contributed by atoms with van der Waals surface area (Å²) >= 11 is 0. The van der Waals surface area contributed by atoms with Crippen LogP contribution >= 0.6 is 0 Å². The Bertz CT molecular complexity index is 384. The molecule has 7 heteroatoms. The molecule has 0 aliphatic heterocycles. The van der Waals surface area contributed by atoms with Crippen molar-refractivity contribution in [3.8, 4) is 0 Å². The third kappa shape index (κ3) is 6.55. The fraction of sp³-hybridized carbons (Fsp3) is 0.200. The zero-order chi connectivity index (χ0) is 11.4. The molecule has 0 aliphatic rings. The van der Waals surface area contributed by atoms with Crippen LogP contribution in [0.15, 0.2) is 24.3 Å². The monoisotopic (exact) mass is 260 g/mol. The van der Waals surface area contributed by atoms with Gasteiger partial charge in [0.05, 0.1) is 0 Å². The van der Waals surface area contributed by atoms with Gasteiger partial charge in [-0.1, -0.05) is 12.1 Å². The quantitative estimate of drug-likeness (QED) is 0.583. The molecule has 0 saturated heterocycles. The van der Waals surface area contributed by atoms with E-state index in [4.69, 9.17) is 10.2 Å². The second-order valence-corrected chi connectivity index (χ2v) is 3.06. The second-order valence-electron chi connectivity index (χ2n) is 3.06. The van der Waals surface area contributed by atoms with Gasteiger partial charge in [-0.05, 0) is 24.1 Å². The predicted molar refractivity (Wildman–Crippen MR) is 63.2 cm³/mol. The Morgan fingerprint density at radius 3 is 2.12 bits per heavy atom. The van der Waals surface area contributed by atoms with Gasteiger partial charge in [0.1, 0.15) is 5.82 Å². The van der Waals surface area contributed by atoms with Crippen LogP contribution in [0, 0.1) is 11.7 Å². The van der Waals surface area contributed by atoms with E-state index in [1.807, 2.05) is 0 Å². The topological polar surface area (TPSA) is 74.6 Å². The second kappa shape index (κ2) is 9.08. The molecular formula is C10H11FNa2O4. The van der Waals surface area contributed by atoms with E-state index in [0.29, 0.717) is 5.56 Å². The molecule has 1 aromatic rings. The van der Waals surface area contributed by atoms with Gasteiger partial charge in [0.25, 0.3) is 0 Å². The molecule has 4 nitrogen and oxygen atoms in total. The van der Waals surface area contributed by atoms with Crippen molar-refractivity contribution >= 4 is 71.1 Å². The summed E-state index contributed by atoms with van der Waals surface area (Å²) in [6, 6.07) is 5.23. The maximum atomic E-state index is 12.7. The first-order valence-corrected chi connectivity index (χ1v) is 4.20. The van der Waals surface area contributed by atoms with Crippen molar-refractivity contribution in [3.63, 3.8) is 0 Å². The Morgan fingerprint density at radius 1 is 1.18 bits per heavy atom. The molecule has 0 bridgehead atoms. The van der Waals surface area contributed by atoms with Gasteiger partial charge in [-0.15, -0.1) is 0 Å². The van der Waals surface area contributed by atoms with Crippen molar-refractivity contribution in [2.45, 2.75) is 6.42 Å². The van der Waals surface area contributed by atoms with Gasteiger partial charge in [0.2, 0.25) is 0 Å². The molecule has 0 saturated carbocycles. The molecule has 1 rings (SSSR count). The molecule has 84 valence electrons. The predicted octanol–water partition coefficient (Wildman–Crippen LogP) is -0.143. The average Bonchev–Trinajstić information content (AvgIpc) is 2.13. The van der Waals surface area contributed by atoms with Crippen molar-refractivity contribution < 1.29 is 24.2 Å². The Kier molecular flexibility index (Phi) is 10.4. The van der Waals surface area contributed by atoms with Crippen molar-refractivity contribution in [1.29, 1.82) is 0 Å². The Morgan fingerprint density at radius 2 is 1.71 bits per heavy atom. The minimum atomic E-state index is -1.54. The van der Waals surface area contributed by atoms with Crippen LogP contribution in [0.25, 0.3) is 0 Å². The number of hydrogen-bond donors (Lipinski definition) is 2. The van der Waals surface area contributed by atoms with Gasteiger partial charge < -0.3 is 10.2 Å². The number of hydrogen-bond acceptors (Lipinski definition) is 2. The molecule has 0 unspecified atom stereocenters. The molecule has 0 spiro atoms. The maximum absolute atomic E-state index is 12.7. The first-order chi connectivity index (χ1) is 7.00. The van der Waals surface area contributed by atoms with Crippen LogP contribution in [-0.2, 0) is 16.0 Å². The van der Waals surface area contributed by atoms with E-state index < -0.39 is 23.7 Å². The van der Waals surface area contributed by atoms with Crippen LogP contribution < -0.4 is 0 Å². The van der Waals surface area contributed by atoms with E-state index in [2.05, 4.69) is 0 Å². The van der Waals surface area contributed by atoms with E-state index in [1.165, 1.54) is 18.2 Å². The summed E-state index contributed by atoms with van der Waals surface area (Å²) < 4.78 is 12.7. The van der Waals surface area contributed by atoms with Crippen molar-refractivity contribution in [1.82, 2.24) is 0 Å². The molecular weight excluding hydrogens is 249 g/mol. The molecule has 17 heavy (non-hydrogen) atoms. The standard InChI is InChI=1S/C10H9FO4.2Na.2H/c11-7-3-1-2-6(4-7)5-8(9(12)13)10(14)15;;;;/h1-4,8H,5H2,(H,12,13)(H,14,15);;;;. The average molecular weight is 260 g/mol. The molecule has 0 aliphatic carbocycles. The minimum absolute atomic E-state index is 0. The van der Waals surface area contributed by atoms with E-state index in [0.717, 1.165) is 6.07 Å². The molecule has 0 atom stereocenters. The van der Waals surface area contributed by atoms with Crippen LogP contribution in [0.5, 0.6) is 0 Å². The van der Waals surface area contributed by atoms with Crippen LogP contribution in [0.4, 0.5) is 4.39 Å². The summed E-state index contributed by atoms with van der Waals surface area (Å²) in [5.41, 5.74) is 0.352. The number of carboxylic acid groups (broad SMARTS) is 2. The summed E-state index contributed by atoms with van der Waals surface area (Å²) in [6.45, 7) is 0. The Hall–Kier alpha value is 0.0900. The van der Waals surface area contributed by atoms with Crippen LogP contribution in [0.2, 0.25) is 0 Å². The third-order valence-electron chi connectivity index (χ3n) is 1.93. The third-order valence-corrected chi connectivity index (χ3v) is 1.93. The zero-order valence-corrected chi connectivity index (χ0v) is 7.68. The van der Waals surface area contributed by atoms with Gasteiger partial charge in [-0.2, -0.15) is 0 Å². The summed E-state index contributed by atoms with van der Waals surface area (Å²) in [4.78, 5) is 21.1. The van der Waals surface area contributed by atoms with Crippen molar-refractivity contribution in [2.75, 3.05) is 0 Å². The summed E-state index contributed by atoms with van der Waals surface area (Å²) in [7, 11) is 0. The molecule has 0 heterocycles. The number of carbonyl (C=O) groups is 2. The first-order valence-electron chi connectivity index (χ1n) is 4.20. The number of halogens is 1. The molecule has 0 aromatic heterocycles. The van der Waals surface area contributed by atoms with E-state index >= 15 is 0 Å². The normalized spacial score (nSPS) is 9.06. The fourth-order valence-electron chi connectivity index (χ4n) is 1.18. The zero-order valence-electron chi connectivity index (χ0n) is 7.68. The number of benzene rings is 1. The van der Waals surface area contributed by atoms with Crippen molar-refractivity contribution in [2.24, 2.45) is 5.92 Å². The van der Waals surface area contributed by atoms with Gasteiger partial charge in [-0.3, -0.25) is 9.59 Å². The SMILES string of the molecule is O=C(O)C(Cc1cccc(F)c1)C(=O)O.[NaH].[NaH]. The van der Waals surface area contributed by atoms with E-state index in [9.17, 15) is 14.0 Å². The van der Waals surface area contributed by atoms with E-state index in [1.54, 1.807) is 0 Å². The molecule has 1 aromatic carbocycles. The number of carboxylic acids is 2. The Balaban J connectivity index is 0. The van der Waals surface area contributed by atoms with Gasteiger partial charge >= 0.3 is 71.1 Å². The first kappa shape index (κ1) is 19.4. The summed E-state index contributed by atoms with van der Waals surface area (Å²) in [6.07, 6.45) is -0.220. The molecule has 0 fully saturated rings. The number of aliphatic carboxylic acids is 2.